The lowest BCUT2D eigenvalue weighted by molar-refractivity contribution is -0.177. The van der Waals surface area contributed by atoms with Gasteiger partial charge in [0.1, 0.15) is 0 Å². The Labute approximate surface area is 140 Å². The number of carbonyl (C=O) groups excluding carboxylic acids is 1. The summed E-state index contributed by atoms with van der Waals surface area (Å²) in [7, 11) is 3.01. The molecule has 1 aliphatic heterocycles. The Morgan fingerprint density at radius 2 is 2.08 bits per heavy atom. The second-order valence-corrected chi connectivity index (χ2v) is 6.85. The summed E-state index contributed by atoms with van der Waals surface area (Å²) in [6, 6.07) is 3.54. The maximum atomic E-state index is 12.5. The Bertz CT molecular complexity index is 743. The van der Waals surface area contributed by atoms with Crippen LogP contribution in [0, 0.1) is 5.92 Å². The van der Waals surface area contributed by atoms with Crippen LogP contribution in [-0.2, 0) is 21.4 Å². The van der Waals surface area contributed by atoms with Crippen molar-refractivity contribution in [1.82, 2.24) is 5.06 Å². The molecule has 0 spiro atoms. The van der Waals surface area contributed by atoms with Crippen molar-refractivity contribution in [3.8, 4) is 11.5 Å². The fourth-order valence-electron chi connectivity index (χ4n) is 4.83. The van der Waals surface area contributed by atoms with Crippen molar-refractivity contribution < 1.29 is 24.6 Å². The van der Waals surface area contributed by atoms with Crippen molar-refractivity contribution >= 4 is 5.78 Å². The fraction of sp³-hybridized carbons (Fsp3) is 0.500. The van der Waals surface area contributed by atoms with Crippen molar-refractivity contribution in [2.45, 2.75) is 30.7 Å². The highest BCUT2D eigenvalue weighted by molar-refractivity contribution is 5.96. The van der Waals surface area contributed by atoms with Crippen molar-refractivity contribution in [2.75, 3.05) is 20.8 Å². The molecule has 128 valence electrons. The van der Waals surface area contributed by atoms with Gasteiger partial charge in [-0.2, -0.15) is 5.06 Å². The third-order valence-electron chi connectivity index (χ3n) is 5.90. The zero-order chi connectivity index (χ0) is 17.1. The van der Waals surface area contributed by atoms with E-state index in [4.69, 9.17) is 9.47 Å². The molecule has 1 aromatic rings. The van der Waals surface area contributed by atoms with Gasteiger partial charge in [-0.25, -0.2) is 0 Å². The molecule has 6 nitrogen and oxygen atoms in total. The molecule has 1 heterocycles. The van der Waals surface area contributed by atoms with E-state index in [9.17, 15) is 15.1 Å². The van der Waals surface area contributed by atoms with Crippen LogP contribution in [0.25, 0.3) is 0 Å². The van der Waals surface area contributed by atoms with Crippen LogP contribution in [0.1, 0.15) is 24.0 Å². The Morgan fingerprint density at radius 3 is 2.79 bits per heavy atom. The van der Waals surface area contributed by atoms with Crippen LogP contribution in [0.15, 0.2) is 24.0 Å². The maximum absolute atomic E-state index is 12.5. The Hall–Kier alpha value is -2.05. The number of fused-ring (bicyclic) bond motifs is 1. The minimum absolute atomic E-state index is 0.0611. The highest BCUT2D eigenvalue weighted by Gasteiger charge is 2.57. The average molecular weight is 331 g/mol. The first kappa shape index (κ1) is 15.5. The molecule has 0 radical (unpaired) electrons. The number of ketones is 1. The second-order valence-electron chi connectivity index (χ2n) is 6.85. The van der Waals surface area contributed by atoms with Gasteiger partial charge in [0, 0.05) is 35.9 Å². The van der Waals surface area contributed by atoms with E-state index < -0.39 is 5.41 Å². The lowest BCUT2D eigenvalue weighted by Crippen LogP contribution is -2.60. The van der Waals surface area contributed by atoms with E-state index in [0.717, 1.165) is 11.1 Å². The summed E-state index contributed by atoms with van der Waals surface area (Å²) >= 11 is 0. The SMILES string of the molecule is COC1=CC2C3Cc4ccc(OC)c(O)c4C2(CCN3O)CC1=O. The van der Waals surface area contributed by atoms with Crippen LogP contribution < -0.4 is 4.74 Å². The van der Waals surface area contributed by atoms with E-state index in [-0.39, 0.29) is 29.9 Å². The van der Waals surface area contributed by atoms with Crippen LogP contribution in [0.2, 0.25) is 0 Å². The first-order valence-corrected chi connectivity index (χ1v) is 8.15. The Balaban J connectivity index is 1.97. The molecule has 2 N–H and O–H groups in total. The first-order chi connectivity index (χ1) is 11.5. The molecule has 24 heavy (non-hydrogen) atoms. The van der Waals surface area contributed by atoms with Gasteiger partial charge in [0.2, 0.25) is 0 Å². The summed E-state index contributed by atoms with van der Waals surface area (Å²) in [5.41, 5.74) is 1.25. The molecule has 0 amide bonds. The number of ether oxygens (including phenoxy) is 2. The number of allylic oxidation sites excluding steroid dienone is 1. The van der Waals surface area contributed by atoms with E-state index in [1.807, 2.05) is 12.1 Å². The molecule has 0 aromatic heterocycles. The number of phenolic OH excluding ortho intramolecular Hbond substituents is 1. The molecule has 2 bridgehead atoms. The molecular formula is C18H21NO5. The van der Waals surface area contributed by atoms with Crippen LogP contribution in [0.4, 0.5) is 0 Å². The Morgan fingerprint density at radius 1 is 1.29 bits per heavy atom. The highest BCUT2D eigenvalue weighted by atomic mass is 16.5. The average Bonchev–Trinajstić information content (AvgIpc) is 2.57. The number of carbonyl (C=O) groups is 1. The summed E-state index contributed by atoms with van der Waals surface area (Å²) in [6.07, 6.45) is 3.31. The predicted molar refractivity (Wildman–Crippen MR) is 85.1 cm³/mol. The topological polar surface area (TPSA) is 79.2 Å². The lowest BCUT2D eigenvalue weighted by Gasteiger charge is -2.55. The number of methoxy groups -OCH3 is 2. The molecular weight excluding hydrogens is 310 g/mol. The van der Waals surface area contributed by atoms with Gasteiger partial charge in [0.15, 0.2) is 23.0 Å². The zero-order valence-electron chi connectivity index (χ0n) is 13.8. The molecule has 0 saturated carbocycles. The third-order valence-corrected chi connectivity index (χ3v) is 5.90. The molecule has 3 aliphatic rings. The number of benzene rings is 1. The third kappa shape index (κ3) is 1.87. The van der Waals surface area contributed by atoms with Gasteiger partial charge >= 0.3 is 0 Å². The zero-order valence-corrected chi connectivity index (χ0v) is 13.8. The van der Waals surface area contributed by atoms with Crippen LogP contribution in [0.3, 0.4) is 0 Å². The first-order valence-electron chi connectivity index (χ1n) is 8.15. The molecule has 1 saturated heterocycles. The number of hydrogen-bond acceptors (Lipinski definition) is 6. The molecule has 2 aliphatic carbocycles. The summed E-state index contributed by atoms with van der Waals surface area (Å²) < 4.78 is 10.5. The number of phenols is 1. The van der Waals surface area contributed by atoms with Gasteiger partial charge in [0.05, 0.1) is 14.2 Å². The molecule has 3 atom stereocenters. The van der Waals surface area contributed by atoms with Gasteiger partial charge < -0.3 is 19.8 Å². The predicted octanol–water partition coefficient (Wildman–Crippen LogP) is 1.78. The number of aromatic hydroxyl groups is 1. The number of piperidine rings is 1. The number of rotatable bonds is 2. The number of hydrogen-bond donors (Lipinski definition) is 2. The van der Waals surface area contributed by atoms with Gasteiger partial charge in [-0.1, -0.05) is 6.07 Å². The monoisotopic (exact) mass is 331 g/mol. The Kier molecular flexibility index (Phi) is 3.37. The normalized spacial score (nSPS) is 31.8. The van der Waals surface area contributed by atoms with Crippen LogP contribution >= 0.6 is 0 Å². The summed E-state index contributed by atoms with van der Waals surface area (Å²) in [4.78, 5) is 12.5. The summed E-state index contributed by atoms with van der Waals surface area (Å²) in [5.74, 6) is 0.734. The smallest absolute Gasteiger partial charge is 0.197 e. The van der Waals surface area contributed by atoms with E-state index in [1.165, 1.54) is 19.3 Å². The largest absolute Gasteiger partial charge is 0.504 e. The number of Topliss-reactive ketones (excluding diaryl/α,β-unsaturated/α-hetero) is 1. The lowest BCUT2D eigenvalue weighted by atomic mass is 9.53. The molecule has 1 fully saturated rings. The molecule has 1 aromatic carbocycles. The second kappa shape index (κ2) is 5.22. The standard InChI is InChI=1S/C18H21NO5/c1-23-14-4-3-10-7-12-11-8-15(24-2)13(20)9-18(11,5-6-19(12)22)16(10)17(14)21/h3-4,8,11-12,21-22H,5-7,9H2,1-2H3. The minimum atomic E-state index is -0.519. The van der Waals surface area contributed by atoms with Crippen molar-refractivity contribution in [3.63, 3.8) is 0 Å². The van der Waals surface area contributed by atoms with Gasteiger partial charge in [0.25, 0.3) is 0 Å². The fourth-order valence-corrected chi connectivity index (χ4v) is 4.83. The minimum Gasteiger partial charge on any atom is -0.504 e. The van der Waals surface area contributed by atoms with E-state index >= 15 is 0 Å². The number of nitrogens with zero attached hydrogens (tertiary/aromatic N) is 1. The van der Waals surface area contributed by atoms with Crippen LogP contribution in [-0.4, -0.2) is 48.0 Å². The van der Waals surface area contributed by atoms with E-state index in [0.29, 0.717) is 30.9 Å². The van der Waals surface area contributed by atoms with Crippen molar-refractivity contribution in [2.24, 2.45) is 5.92 Å². The van der Waals surface area contributed by atoms with E-state index in [2.05, 4.69) is 0 Å². The maximum Gasteiger partial charge on any atom is 0.197 e. The highest BCUT2D eigenvalue weighted by Crippen LogP contribution is 2.57. The molecule has 4 rings (SSSR count). The summed E-state index contributed by atoms with van der Waals surface area (Å²) in [5, 5.41) is 22.5. The van der Waals surface area contributed by atoms with E-state index in [1.54, 1.807) is 6.07 Å². The van der Waals surface area contributed by atoms with Gasteiger partial charge in [-0.15, -0.1) is 0 Å². The van der Waals surface area contributed by atoms with Crippen LogP contribution in [0.5, 0.6) is 11.5 Å². The van der Waals surface area contributed by atoms with Crippen molar-refractivity contribution in [1.29, 1.82) is 0 Å². The van der Waals surface area contributed by atoms with Crippen molar-refractivity contribution in [3.05, 3.63) is 35.1 Å². The van der Waals surface area contributed by atoms with Gasteiger partial charge in [-0.05, 0) is 30.5 Å². The quantitative estimate of drug-likeness (QED) is 0.860. The summed E-state index contributed by atoms with van der Waals surface area (Å²) in [6.45, 7) is 0.473. The molecule has 3 unspecified atom stereocenters. The number of hydroxylamine groups is 2. The molecule has 6 heteroatoms. The van der Waals surface area contributed by atoms with Gasteiger partial charge in [-0.3, -0.25) is 4.79 Å².